The van der Waals surface area contributed by atoms with E-state index in [1.807, 2.05) is 18.2 Å². The van der Waals surface area contributed by atoms with Crippen LogP contribution in [0.1, 0.15) is 37.8 Å². The lowest BCUT2D eigenvalue weighted by Crippen LogP contribution is -2.40. The fourth-order valence-electron chi connectivity index (χ4n) is 3.20. The Hall–Kier alpha value is -3.15. The second-order valence-corrected chi connectivity index (χ2v) is 6.56. The number of carboxylic acids is 1. The molecular weight excluding hydrogens is 332 g/mol. The number of hydrogen-bond acceptors (Lipinski definition) is 3. The molecule has 0 spiro atoms. The molecular formula is C20H20N2O4. The summed E-state index contributed by atoms with van der Waals surface area (Å²) < 4.78 is 0. The summed E-state index contributed by atoms with van der Waals surface area (Å²) in [7, 11) is 3.30. The van der Waals surface area contributed by atoms with Crippen LogP contribution in [0, 0.1) is 0 Å². The maximum atomic E-state index is 12.9. The first kappa shape index (κ1) is 17.7. The molecule has 6 nitrogen and oxygen atoms in total. The summed E-state index contributed by atoms with van der Waals surface area (Å²) in [5.74, 6) is -2.17. The molecule has 0 aliphatic carbocycles. The third kappa shape index (κ3) is 3.31. The molecule has 0 fully saturated rings. The Labute approximate surface area is 151 Å². The fourth-order valence-corrected chi connectivity index (χ4v) is 3.20. The minimum Gasteiger partial charge on any atom is -0.481 e. The number of fused-ring (bicyclic) bond motifs is 1. The highest BCUT2D eigenvalue weighted by Crippen LogP contribution is 2.29. The number of nitrogens with zero attached hydrogens (tertiary/aromatic N) is 2. The van der Waals surface area contributed by atoms with Gasteiger partial charge in [-0.2, -0.15) is 0 Å². The predicted molar refractivity (Wildman–Crippen MR) is 96.0 cm³/mol. The van der Waals surface area contributed by atoms with Crippen molar-refractivity contribution in [2.45, 2.75) is 12.5 Å². The molecule has 6 heteroatoms. The molecule has 134 valence electrons. The fraction of sp³-hybridized carbons (Fsp3) is 0.250. The first-order valence-corrected chi connectivity index (χ1v) is 8.30. The minimum absolute atomic E-state index is 0.108. The van der Waals surface area contributed by atoms with Crippen LogP contribution in [0.2, 0.25) is 0 Å². The lowest BCUT2D eigenvalue weighted by Gasteiger charge is -2.33. The van der Waals surface area contributed by atoms with Gasteiger partial charge in [-0.25, -0.2) is 0 Å². The highest BCUT2D eigenvalue weighted by molar-refractivity contribution is 5.99. The number of carbonyl (C=O) groups excluding carboxylic acids is 2. The summed E-state index contributed by atoms with van der Waals surface area (Å²) in [6.07, 6.45) is 0. The molecule has 0 saturated carbocycles. The van der Waals surface area contributed by atoms with Crippen molar-refractivity contribution in [3.05, 3.63) is 70.8 Å². The Balaban J connectivity index is 1.90. The van der Waals surface area contributed by atoms with E-state index in [0.29, 0.717) is 17.7 Å². The van der Waals surface area contributed by atoms with E-state index in [9.17, 15) is 19.5 Å². The van der Waals surface area contributed by atoms with Gasteiger partial charge in [0.2, 0.25) is 0 Å². The van der Waals surface area contributed by atoms with E-state index in [0.717, 1.165) is 11.1 Å². The van der Waals surface area contributed by atoms with Crippen LogP contribution < -0.4 is 0 Å². The first-order valence-electron chi connectivity index (χ1n) is 8.30. The van der Waals surface area contributed by atoms with Crippen LogP contribution in [-0.2, 0) is 11.3 Å². The maximum absolute atomic E-state index is 12.9. The van der Waals surface area contributed by atoms with Gasteiger partial charge in [-0.1, -0.05) is 30.3 Å². The zero-order chi connectivity index (χ0) is 18.8. The third-order valence-electron chi connectivity index (χ3n) is 4.54. The van der Waals surface area contributed by atoms with Crippen molar-refractivity contribution in [1.82, 2.24) is 9.80 Å². The highest BCUT2D eigenvalue weighted by Gasteiger charge is 2.32. The van der Waals surface area contributed by atoms with Gasteiger partial charge in [0.25, 0.3) is 11.8 Å². The molecule has 0 radical (unpaired) electrons. The lowest BCUT2D eigenvalue weighted by atomic mass is 9.89. The largest absolute Gasteiger partial charge is 0.481 e. The zero-order valence-corrected chi connectivity index (χ0v) is 14.7. The van der Waals surface area contributed by atoms with E-state index < -0.39 is 11.9 Å². The van der Waals surface area contributed by atoms with E-state index in [2.05, 4.69) is 0 Å². The van der Waals surface area contributed by atoms with Gasteiger partial charge < -0.3 is 14.9 Å². The van der Waals surface area contributed by atoms with Crippen LogP contribution in [-0.4, -0.2) is 53.3 Å². The van der Waals surface area contributed by atoms with Gasteiger partial charge in [0, 0.05) is 38.3 Å². The van der Waals surface area contributed by atoms with Gasteiger partial charge >= 0.3 is 5.97 Å². The number of rotatable bonds is 3. The summed E-state index contributed by atoms with van der Waals surface area (Å²) >= 11 is 0. The third-order valence-corrected chi connectivity index (χ3v) is 4.54. The van der Waals surface area contributed by atoms with Gasteiger partial charge in [0.1, 0.15) is 0 Å². The number of carboxylic acid groups (broad SMARTS) is 1. The standard InChI is InChI=1S/C20H20N2O4/c1-21(2)18(23)13-7-5-8-14(10-13)19(24)22-11-15-6-3-4-9-16(15)17(12-22)20(25)26/h3-10,17H,11-12H2,1-2H3,(H,25,26). The molecule has 0 bridgehead atoms. The average Bonchev–Trinajstić information content (AvgIpc) is 2.65. The smallest absolute Gasteiger partial charge is 0.312 e. The Morgan fingerprint density at radius 3 is 2.42 bits per heavy atom. The molecule has 1 atom stereocenters. The van der Waals surface area contributed by atoms with Crippen molar-refractivity contribution in [3.8, 4) is 0 Å². The van der Waals surface area contributed by atoms with Crippen LogP contribution in [0.15, 0.2) is 48.5 Å². The van der Waals surface area contributed by atoms with Gasteiger partial charge in [-0.15, -0.1) is 0 Å². The Morgan fingerprint density at radius 2 is 1.73 bits per heavy atom. The Morgan fingerprint density at radius 1 is 1.04 bits per heavy atom. The van der Waals surface area contributed by atoms with Crippen LogP contribution in [0.3, 0.4) is 0 Å². The van der Waals surface area contributed by atoms with Crippen molar-refractivity contribution in [2.75, 3.05) is 20.6 Å². The van der Waals surface area contributed by atoms with E-state index in [-0.39, 0.29) is 18.4 Å². The van der Waals surface area contributed by atoms with E-state index in [1.54, 1.807) is 44.4 Å². The van der Waals surface area contributed by atoms with Gasteiger partial charge in [0.15, 0.2) is 0 Å². The molecule has 1 aliphatic rings. The summed E-state index contributed by atoms with van der Waals surface area (Å²) in [4.78, 5) is 39.7. The van der Waals surface area contributed by atoms with Crippen LogP contribution >= 0.6 is 0 Å². The van der Waals surface area contributed by atoms with Crippen LogP contribution in [0.25, 0.3) is 0 Å². The number of benzene rings is 2. The normalized spacial score (nSPS) is 15.9. The topological polar surface area (TPSA) is 77.9 Å². The van der Waals surface area contributed by atoms with Crippen LogP contribution in [0.5, 0.6) is 0 Å². The number of aliphatic carboxylic acids is 1. The number of carbonyl (C=O) groups is 3. The molecule has 2 amide bonds. The molecule has 1 N–H and O–H groups in total. The average molecular weight is 352 g/mol. The second-order valence-electron chi connectivity index (χ2n) is 6.56. The van der Waals surface area contributed by atoms with E-state index in [1.165, 1.54) is 9.80 Å². The molecule has 0 aromatic heterocycles. The highest BCUT2D eigenvalue weighted by atomic mass is 16.4. The van der Waals surface area contributed by atoms with Crippen molar-refractivity contribution in [2.24, 2.45) is 0 Å². The van der Waals surface area contributed by atoms with E-state index in [4.69, 9.17) is 0 Å². The SMILES string of the molecule is CN(C)C(=O)c1cccc(C(=O)N2Cc3ccccc3C(C(=O)O)C2)c1. The van der Waals surface area contributed by atoms with Crippen molar-refractivity contribution in [3.63, 3.8) is 0 Å². The molecule has 1 unspecified atom stereocenters. The second kappa shape index (κ2) is 7.00. The predicted octanol–water partition coefficient (Wildman–Crippen LogP) is 2.21. The summed E-state index contributed by atoms with van der Waals surface area (Å²) in [6.45, 7) is 0.460. The monoisotopic (exact) mass is 352 g/mol. The van der Waals surface area contributed by atoms with Crippen molar-refractivity contribution >= 4 is 17.8 Å². The maximum Gasteiger partial charge on any atom is 0.312 e. The Bertz CT molecular complexity index is 876. The molecule has 2 aromatic rings. The minimum atomic E-state index is -0.952. The molecule has 2 aromatic carbocycles. The Kier molecular flexibility index (Phi) is 4.75. The van der Waals surface area contributed by atoms with E-state index >= 15 is 0 Å². The van der Waals surface area contributed by atoms with Gasteiger partial charge in [-0.05, 0) is 29.3 Å². The van der Waals surface area contributed by atoms with Crippen LogP contribution in [0.4, 0.5) is 0 Å². The first-order chi connectivity index (χ1) is 12.4. The summed E-state index contributed by atoms with van der Waals surface area (Å²) in [5, 5.41) is 9.54. The lowest BCUT2D eigenvalue weighted by molar-refractivity contribution is -0.139. The number of hydrogen-bond donors (Lipinski definition) is 1. The quantitative estimate of drug-likeness (QED) is 0.919. The van der Waals surface area contributed by atoms with Crippen molar-refractivity contribution in [1.29, 1.82) is 0 Å². The van der Waals surface area contributed by atoms with Crippen molar-refractivity contribution < 1.29 is 19.5 Å². The molecule has 0 saturated heterocycles. The zero-order valence-electron chi connectivity index (χ0n) is 14.7. The summed E-state index contributed by atoms with van der Waals surface area (Å²) in [6, 6.07) is 13.8. The molecule has 1 aliphatic heterocycles. The number of amides is 2. The molecule has 1 heterocycles. The molecule has 26 heavy (non-hydrogen) atoms. The summed E-state index contributed by atoms with van der Waals surface area (Å²) in [5.41, 5.74) is 2.38. The van der Waals surface area contributed by atoms with Gasteiger partial charge in [0.05, 0.1) is 5.92 Å². The van der Waals surface area contributed by atoms with Gasteiger partial charge in [-0.3, -0.25) is 14.4 Å². The molecule has 3 rings (SSSR count).